The van der Waals surface area contributed by atoms with Gasteiger partial charge in [0.2, 0.25) is 0 Å². The Morgan fingerprint density at radius 3 is 2.96 bits per heavy atom. The summed E-state index contributed by atoms with van der Waals surface area (Å²) in [4.78, 5) is 15.7. The number of amides is 1. The van der Waals surface area contributed by atoms with Crippen molar-refractivity contribution < 1.29 is 9.53 Å². The number of carbonyl (C=O) groups excluding carboxylic acids is 1. The molecule has 5 heteroatoms. The number of nitrogens with zero attached hydrogens (tertiary/aromatic N) is 1. The first-order chi connectivity index (χ1) is 11.1. The largest absolute Gasteiger partial charge is 0.484 e. The molecule has 0 aliphatic carbocycles. The van der Waals surface area contributed by atoms with E-state index in [1.807, 2.05) is 59.1 Å². The van der Waals surface area contributed by atoms with Gasteiger partial charge in [-0.1, -0.05) is 41.1 Å². The Bertz CT molecular complexity index is 707. The van der Waals surface area contributed by atoms with Crippen LogP contribution in [0, 0.1) is 0 Å². The van der Waals surface area contributed by atoms with Crippen molar-refractivity contribution in [3.05, 3.63) is 53.0 Å². The van der Waals surface area contributed by atoms with E-state index in [0.29, 0.717) is 11.0 Å². The summed E-state index contributed by atoms with van der Waals surface area (Å²) in [6, 6.07) is 15.6. The monoisotopic (exact) mass is 391 g/mol. The molecule has 0 radical (unpaired) electrons. The molecule has 1 atom stereocenters. The average molecular weight is 392 g/mol. The first-order valence-corrected chi connectivity index (χ1v) is 9.25. The van der Waals surface area contributed by atoms with Crippen LogP contribution in [0.15, 0.2) is 57.9 Å². The average Bonchev–Trinajstić information content (AvgIpc) is 2.71. The van der Waals surface area contributed by atoms with Gasteiger partial charge in [0.15, 0.2) is 6.61 Å². The van der Waals surface area contributed by atoms with E-state index < -0.39 is 0 Å². The topological polar surface area (TPSA) is 29.5 Å². The zero-order chi connectivity index (χ0) is 16.2. The fourth-order valence-corrected chi connectivity index (χ4v) is 4.02. The normalized spacial score (nSPS) is 17.3. The van der Waals surface area contributed by atoms with E-state index in [9.17, 15) is 4.79 Å². The minimum atomic E-state index is -0.00729. The van der Waals surface area contributed by atoms with Crippen LogP contribution in [0.4, 0.5) is 5.69 Å². The smallest absolute Gasteiger partial charge is 0.264 e. The fraction of sp³-hybridized carbons (Fsp3) is 0.278. The number of anilines is 1. The molecule has 1 aliphatic heterocycles. The number of rotatable bonds is 3. The van der Waals surface area contributed by atoms with Gasteiger partial charge in [-0.25, -0.2) is 0 Å². The lowest BCUT2D eigenvalue weighted by molar-refractivity contribution is -0.120. The molecule has 0 saturated carbocycles. The molecule has 1 amide bonds. The molecule has 0 aromatic heterocycles. The molecule has 0 bridgehead atoms. The number of benzene rings is 2. The number of carbonyl (C=O) groups is 1. The molecule has 1 unspecified atom stereocenters. The Balaban J connectivity index is 1.74. The van der Waals surface area contributed by atoms with Crippen LogP contribution in [-0.2, 0) is 4.79 Å². The highest BCUT2D eigenvalue weighted by molar-refractivity contribution is 9.10. The lowest BCUT2D eigenvalue weighted by Crippen LogP contribution is -2.36. The van der Waals surface area contributed by atoms with Gasteiger partial charge >= 0.3 is 0 Å². The van der Waals surface area contributed by atoms with Crippen LogP contribution in [0.2, 0.25) is 0 Å². The van der Waals surface area contributed by atoms with Crippen LogP contribution in [0.5, 0.6) is 5.75 Å². The second-order valence-corrected chi connectivity index (χ2v) is 7.87. The molecule has 2 aromatic carbocycles. The van der Waals surface area contributed by atoms with Gasteiger partial charge in [0, 0.05) is 21.2 Å². The van der Waals surface area contributed by atoms with Crippen molar-refractivity contribution in [2.75, 3.05) is 18.1 Å². The van der Waals surface area contributed by atoms with Crippen molar-refractivity contribution in [1.82, 2.24) is 0 Å². The van der Waals surface area contributed by atoms with Crippen LogP contribution < -0.4 is 9.64 Å². The number of thioether (sulfide) groups is 1. The van der Waals surface area contributed by atoms with Crippen molar-refractivity contribution in [1.29, 1.82) is 0 Å². The van der Waals surface area contributed by atoms with Crippen molar-refractivity contribution >= 4 is 39.3 Å². The molecule has 1 heterocycles. The molecule has 2 aromatic rings. The number of ether oxygens (including phenoxy) is 1. The van der Waals surface area contributed by atoms with Gasteiger partial charge in [0.1, 0.15) is 5.75 Å². The van der Waals surface area contributed by atoms with Gasteiger partial charge in [0.05, 0.1) is 5.69 Å². The van der Waals surface area contributed by atoms with E-state index in [0.717, 1.165) is 28.0 Å². The highest BCUT2D eigenvalue weighted by Gasteiger charge is 2.24. The second kappa shape index (κ2) is 7.41. The molecule has 3 nitrogen and oxygen atoms in total. The Hall–Kier alpha value is -1.46. The molecule has 0 fully saturated rings. The van der Waals surface area contributed by atoms with Crippen molar-refractivity contribution in [2.45, 2.75) is 23.5 Å². The Kier molecular flexibility index (Phi) is 5.28. The maximum Gasteiger partial charge on any atom is 0.264 e. The number of fused-ring (bicyclic) bond motifs is 1. The molecule has 0 saturated heterocycles. The quantitative estimate of drug-likeness (QED) is 0.755. The Morgan fingerprint density at radius 1 is 1.30 bits per heavy atom. The predicted molar refractivity (Wildman–Crippen MR) is 98.4 cm³/mol. The summed E-state index contributed by atoms with van der Waals surface area (Å²) in [5, 5.41) is 0.500. The molecule has 23 heavy (non-hydrogen) atoms. The molecule has 120 valence electrons. The molecule has 3 rings (SSSR count). The summed E-state index contributed by atoms with van der Waals surface area (Å²) >= 11 is 5.24. The van der Waals surface area contributed by atoms with Crippen molar-refractivity contribution in [3.63, 3.8) is 0 Å². The van der Waals surface area contributed by atoms with Crippen LogP contribution in [0.1, 0.15) is 13.3 Å². The minimum Gasteiger partial charge on any atom is -0.484 e. The van der Waals surface area contributed by atoms with Gasteiger partial charge < -0.3 is 9.64 Å². The summed E-state index contributed by atoms with van der Waals surface area (Å²) in [5.74, 6) is 0.686. The van der Waals surface area contributed by atoms with Crippen LogP contribution in [-0.4, -0.2) is 24.3 Å². The third-order valence-corrected chi connectivity index (χ3v) is 5.43. The van der Waals surface area contributed by atoms with E-state index >= 15 is 0 Å². The summed E-state index contributed by atoms with van der Waals surface area (Å²) < 4.78 is 6.59. The van der Waals surface area contributed by atoms with Gasteiger partial charge in [-0.3, -0.25) is 4.79 Å². The summed E-state index contributed by atoms with van der Waals surface area (Å²) in [7, 11) is 0. The summed E-state index contributed by atoms with van der Waals surface area (Å²) in [5.41, 5.74) is 0.990. The first kappa shape index (κ1) is 16.4. The summed E-state index contributed by atoms with van der Waals surface area (Å²) in [6.45, 7) is 2.98. The van der Waals surface area contributed by atoms with Gasteiger partial charge in [0.25, 0.3) is 5.91 Å². The second-order valence-electron chi connectivity index (χ2n) is 5.48. The van der Waals surface area contributed by atoms with Crippen molar-refractivity contribution in [2.24, 2.45) is 0 Å². The highest BCUT2D eigenvalue weighted by atomic mass is 79.9. The van der Waals surface area contributed by atoms with Crippen LogP contribution in [0.3, 0.4) is 0 Å². The molecular weight excluding hydrogens is 374 g/mol. The Morgan fingerprint density at radius 2 is 2.13 bits per heavy atom. The maximum atomic E-state index is 12.7. The third-order valence-electron chi connectivity index (χ3n) is 3.70. The third kappa shape index (κ3) is 4.09. The van der Waals surface area contributed by atoms with Gasteiger partial charge in [-0.05, 0) is 36.8 Å². The zero-order valence-electron chi connectivity index (χ0n) is 12.9. The maximum absolute atomic E-state index is 12.7. The SMILES string of the molecule is CC1CCN(C(=O)COc2cccc(Br)c2)c2ccccc2S1. The van der Waals surface area contributed by atoms with Gasteiger partial charge in [-0.15, -0.1) is 11.8 Å². The highest BCUT2D eigenvalue weighted by Crippen LogP contribution is 2.37. The zero-order valence-corrected chi connectivity index (χ0v) is 15.3. The standard InChI is InChI=1S/C18H18BrNO2S/c1-13-9-10-20(16-7-2-3-8-17(16)23-13)18(21)12-22-15-6-4-5-14(19)11-15/h2-8,11,13H,9-10,12H2,1H3. The van der Waals surface area contributed by atoms with Crippen molar-refractivity contribution in [3.8, 4) is 5.75 Å². The van der Waals surface area contributed by atoms with E-state index in [-0.39, 0.29) is 12.5 Å². The lowest BCUT2D eigenvalue weighted by Gasteiger charge is -2.22. The molecule has 0 spiro atoms. The van der Waals surface area contributed by atoms with E-state index in [4.69, 9.17) is 4.74 Å². The van der Waals surface area contributed by atoms with Gasteiger partial charge in [-0.2, -0.15) is 0 Å². The number of halogens is 1. The fourth-order valence-electron chi connectivity index (χ4n) is 2.53. The first-order valence-electron chi connectivity index (χ1n) is 7.58. The predicted octanol–water partition coefficient (Wildman–Crippen LogP) is 4.75. The Labute approximate surface area is 149 Å². The number of para-hydroxylation sites is 1. The van der Waals surface area contributed by atoms with E-state index in [2.05, 4.69) is 28.9 Å². The molecule has 0 N–H and O–H groups in total. The molecule has 1 aliphatic rings. The van der Waals surface area contributed by atoms with E-state index in [1.165, 1.54) is 0 Å². The number of hydrogen-bond donors (Lipinski definition) is 0. The number of hydrogen-bond acceptors (Lipinski definition) is 3. The minimum absolute atomic E-state index is 0.00729. The summed E-state index contributed by atoms with van der Waals surface area (Å²) in [6.07, 6.45) is 0.974. The van der Waals surface area contributed by atoms with Crippen LogP contribution in [0.25, 0.3) is 0 Å². The van der Waals surface area contributed by atoms with E-state index in [1.54, 1.807) is 0 Å². The lowest BCUT2D eigenvalue weighted by atomic mass is 10.2. The van der Waals surface area contributed by atoms with Crippen LogP contribution >= 0.6 is 27.7 Å². The molecular formula is C18H18BrNO2S.